The molecule has 3 heterocycles. The van der Waals surface area contributed by atoms with Gasteiger partial charge in [-0.2, -0.15) is 0 Å². The highest BCUT2D eigenvalue weighted by Crippen LogP contribution is 2.19. The highest BCUT2D eigenvalue weighted by atomic mass is 127. The number of aliphatic imine (C=N–C) groups is 1. The summed E-state index contributed by atoms with van der Waals surface area (Å²) in [6.07, 6.45) is 4.47. The Balaban J connectivity index is 0.00000306. The van der Waals surface area contributed by atoms with Crippen molar-refractivity contribution in [3.63, 3.8) is 0 Å². The van der Waals surface area contributed by atoms with Crippen LogP contribution in [0.2, 0.25) is 0 Å². The predicted molar refractivity (Wildman–Crippen MR) is 147 cm³/mol. The minimum Gasteiger partial charge on any atom is -0.355 e. The van der Waals surface area contributed by atoms with E-state index in [-0.39, 0.29) is 24.0 Å². The largest absolute Gasteiger partial charge is 0.355 e. The maximum Gasteiger partial charge on any atom is 0.191 e. The smallest absolute Gasteiger partial charge is 0.191 e. The monoisotopic (exact) mass is 563 g/mol. The van der Waals surface area contributed by atoms with Gasteiger partial charge in [0.25, 0.3) is 0 Å². The van der Waals surface area contributed by atoms with Crippen molar-refractivity contribution in [2.24, 2.45) is 4.99 Å². The maximum absolute atomic E-state index is 4.69. The predicted octanol–water partition coefficient (Wildman–Crippen LogP) is 2.78. The molecule has 0 aliphatic carbocycles. The second kappa shape index (κ2) is 13.1. The molecule has 0 radical (unpaired) electrons. The number of anilines is 1. The molecule has 2 fully saturated rings. The summed E-state index contributed by atoms with van der Waals surface area (Å²) in [6.45, 7) is 8.08. The number of rotatable bonds is 7. The quantitative estimate of drug-likeness (QED) is 0.307. The number of likely N-dealkylation sites (tertiary alicyclic amines) is 1. The number of nitrogens with one attached hydrogen (secondary N) is 2. The van der Waals surface area contributed by atoms with E-state index in [9.17, 15) is 0 Å². The second-order valence-corrected chi connectivity index (χ2v) is 8.87. The molecule has 7 nitrogen and oxygen atoms in total. The Morgan fingerprint density at radius 1 is 1.00 bits per heavy atom. The first-order valence-electron chi connectivity index (χ1n) is 11.8. The van der Waals surface area contributed by atoms with Gasteiger partial charge in [-0.15, -0.1) is 24.0 Å². The van der Waals surface area contributed by atoms with Gasteiger partial charge in [0.05, 0.1) is 0 Å². The van der Waals surface area contributed by atoms with Crippen molar-refractivity contribution >= 4 is 35.8 Å². The van der Waals surface area contributed by atoms with E-state index in [0.29, 0.717) is 12.6 Å². The molecule has 180 valence electrons. The van der Waals surface area contributed by atoms with Crippen LogP contribution in [0, 0.1) is 0 Å². The molecule has 2 aliphatic rings. The van der Waals surface area contributed by atoms with Gasteiger partial charge in [-0.05, 0) is 43.6 Å². The van der Waals surface area contributed by atoms with Gasteiger partial charge in [0.1, 0.15) is 5.82 Å². The Morgan fingerprint density at radius 2 is 1.79 bits per heavy atom. The number of benzene rings is 1. The molecular weight excluding hydrogens is 525 g/mol. The second-order valence-electron chi connectivity index (χ2n) is 8.87. The van der Waals surface area contributed by atoms with Crippen molar-refractivity contribution in [2.45, 2.75) is 32.0 Å². The van der Waals surface area contributed by atoms with Crippen LogP contribution in [-0.4, -0.2) is 80.1 Å². The average molecular weight is 564 g/mol. The zero-order valence-electron chi connectivity index (χ0n) is 19.9. The summed E-state index contributed by atoms with van der Waals surface area (Å²) in [4.78, 5) is 16.4. The standard InChI is InChI=1S/C25H37N7.HI/c1-26-25(29-19-23-9-6-12-32(23)20-21-7-4-3-5-8-21)28-18-22-10-11-24(27-17-22)31-15-13-30(2)14-16-31;/h3-5,7-8,10-11,17,23H,6,9,12-16,18-20H2,1-2H3,(H2,26,28,29);1H. The van der Waals surface area contributed by atoms with Crippen molar-refractivity contribution < 1.29 is 0 Å². The van der Waals surface area contributed by atoms with Gasteiger partial charge in [0, 0.05) is 65.1 Å². The van der Waals surface area contributed by atoms with Crippen LogP contribution in [-0.2, 0) is 13.1 Å². The first-order valence-corrected chi connectivity index (χ1v) is 11.8. The van der Waals surface area contributed by atoms with E-state index in [4.69, 9.17) is 4.98 Å². The summed E-state index contributed by atoms with van der Waals surface area (Å²) in [5, 5.41) is 6.97. The Bertz CT molecular complexity index is 851. The summed E-state index contributed by atoms with van der Waals surface area (Å²) in [6, 6.07) is 15.6. The molecule has 1 aromatic carbocycles. The number of guanidine groups is 1. The third-order valence-corrected chi connectivity index (χ3v) is 6.55. The first kappa shape index (κ1) is 25.7. The molecule has 0 bridgehead atoms. The van der Waals surface area contributed by atoms with Gasteiger partial charge < -0.3 is 20.4 Å². The van der Waals surface area contributed by atoms with Crippen LogP contribution in [0.1, 0.15) is 24.0 Å². The molecule has 1 atom stereocenters. The van der Waals surface area contributed by atoms with Gasteiger partial charge in [-0.1, -0.05) is 36.4 Å². The SMILES string of the molecule is CN=C(NCc1ccc(N2CCN(C)CC2)nc1)NCC1CCCN1Cc1ccccc1.I. The molecular formula is C25H38IN7. The average Bonchev–Trinajstić information content (AvgIpc) is 3.27. The summed E-state index contributed by atoms with van der Waals surface area (Å²) in [7, 11) is 4.01. The third kappa shape index (κ3) is 7.55. The van der Waals surface area contributed by atoms with Crippen LogP contribution in [0.25, 0.3) is 0 Å². The minimum atomic E-state index is 0. The third-order valence-electron chi connectivity index (χ3n) is 6.55. The molecule has 2 N–H and O–H groups in total. The van der Waals surface area contributed by atoms with Crippen molar-refractivity contribution in [1.82, 2.24) is 25.4 Å². The Kier molecular flexibility index (Phi) is 10.2. The number of nitrogens with zero attached hydrogens (tertiary/aromatic N) is 5. The molecule has 8 heteroatoms. The lowest BCUT2D eigenvalue weighted by atomic mass is 10.2. The van der Waals surface area contributed by atoms with Gasteiger partial charge in [0.15, 0.2) is 5.96 Å². The molecule has 4 rings (SSSR count). The fourth-order valence-electron chi connectivity index (χ4n) is 4.52. The van der Waals surface area contributed by atoms with E-state index in [2.05, 4.69) is 79.8 Å². The van der Waals surface area contributed by atoms with Gasteiger partial charge >= 0.3 is 0 Å². The van der Waals surface area contributed by atoms with Crippen molar-refractivity contribution in [1.29, 1.82) is 0 Å². The fourth-order valence-corrected chi connectivity index (χ4v) is 4.52. The number of aromatic nitrogens is 1. The summed E-state index contributed by atoms with van der Waals surface area (Å²) in [5.74, 6) is 1.92. The van der Waals surface area contributed by atoms with Crippen LogP contribution in [0.5, 0.6) is 0 Å². The topological polar surface area (TPSA) is 59.0 Å². The molecule has 0 amide bonds. The molecule has 2 saturated heterocycles. The lowest BCUT2D eigenvalue weighted by molar-refractivity contribution is 0.245. The molecule has 1 unspecified atom stereocenters. The van der Waals surface area contributed by atoms with E-state index >= 15 is 0 Å². The Morgan fingerprint density at radius 3 is 2.48 bits per heavy atom. The Hall–Kier alpha value is -1.91. The first-order chi connectivity index (χ1) is 15.7. The van der Waals surface area contributed by atoms with Crippen molar-refractivity contribution in [2.75, 3.05) is 58.3 Å². The molecule has 2 aromatic rings. The van der Waals surface area contributed by atoms with E-state index < -0.39 is 0 Å². The highest BCUT2D eigenvalue weighted by Gasteiger charge is 2.24. The summed E-state index contributed by atoms with van der Waals surface area (Å²) < 4.78 is 0. The highest BCUT2D eigenvalue weighted by molar-refractivity contribution is 14.0. The Labute approximate surface area is 215 Å². The van der Waals surface area contributed by atoms with E-state index in [0.717, 1.165) is 56.6 Å². The van der Waals surface area contributed by atoms with Crippen molar-refractivity contribution in [3.05, 3.63) is 59.8 Å². The van der Waals surface area contributed by atoms with E-state index in [1.807, 2.05) is 13.2 Å². The van der Waals surface area contributed by atoms with Gasteiger partial charge in [0.2, 0.25) is 0 Å². The number of hydrogen-bond donors (Lipinski definition) is 2. The number of halogens is 1. The zero-order chi connectivity index (χ0) is 22.2. The minimum absolute atomic E-state index is 0. The maximum atomic E-state index is 4.69. The van der Waals surface area contributed by atoms with E-state index in [1.54, 1.807) is 0 Å². The van der Waals surface area contributed by atoms with Crippen LogP contribution in [0.3, 0.4) is 0 Å². The summed E-state index contributed by atoms with van der Waals surface area (Å²) >= 11 is 0. The van der Waals surface area contributed by atoms with Gasteiger partial charge in [-0.25, -0.2) is 4.98 Å². The molecule has 0 spiro atoms. The number of likely N-dealkylation sites (N-methyl/N-ethyl adjacent to an activating group) is 1. The van der Waals surface area contributed by atoms with Crippen LogP contribution < -0.4 is 15.5 Å². The van der Waals surface area contributed by atoms with E-state index in [1.165, 1.54) is 24.9 Å². The lowest BCUT2D eigenvalue weighted by Crippen LogP contribution is -2.45. The fraction of sp³-hybridized carbons (Fsp3) is 0.520. The van der Waals surface area contributed by atoms with Gasteiger partial charge in [-0.3, -0.25) is 9.89 Å². The summed E-state index contributed by atoms with van der Waals surface area (Å²) in [5.41, 5.74) is 2.55. The van der Waals surface area contributed by atoms with Crippen LogP contribution in [0.4, 0.5) is 5.82 Å². The normalized spacial score (nSPS) is 19.9. The number of hydrogen-bond acceptors (Lipinski definition) is 5. The molecule has 2 aliphatic heterocycles. The number of piperazine rings is 1. The van der Waals surface area contributed by atoms with Crippen LogP contribution >= 0.6 is 24.0 Å². The lowest BCUT2D eigenvalue weighted by Gasteiger charge is -2.33. The van der Waals surface area contributed by atoms with Crippen LogP contribution in [0.15, 0.2) is 53.7 Å². The van der Waals surface area contributed by atoms with Crippen molar-refractivity contribution in [3.8, 4) is 0 Å². The number of pyridine rings is 1. The molecule has 33 heavy (non-hydrogen) atoms. The molecule has 1 aromatic heterocycles. The molecule has 0 saturated carbocycles. The zero-order valence-corrected chi connectivity index (χ0v) is 22.2.